The van der Waals surface area contributed by atoms with Crippen LogP contribution in [0.5, 0.6) is 0 Å². The second kappa shape index (κ2) is 9.11. The van der Waals surface area contributed by atoms with E-state index in [4.69, 9.17) is 11.6 Å². The minimum atomic E-state index is -3.61. The molecule has 0 aliphatic carbocycles. The van der Waals surface area contributed by atoms with Gasteiger partial charge in [-0.3, -0.25) is 4.79 Å². The molecule has 6 nitrogen and oxygen atoms in total. The van der Waals surface area contributed by atoms with Gasteiger partial charge in [-0.25, -0.2) is 12.8 Å². The molecule has 1 saturated heterocycles. The maximum atomic E-state index is 13.8. The lowest BCUT2D eigenvalue weighted by atomic mass is 10.2. The fourth-order valence-electron chi connectivity index (χ4n) is 3.20. The van der Waals surface area contributed by atoms with Gasteiger partial charge in [-0.05, 0) is 43.2 Å². The van der Waals surface area contributed by atoms with Crippen LogP contribution >= 0.6 is 11.6 Å². The Morgan fingerprint density at radius 1 is 1.21 bits per heavy atom. The molecule has 156 valence electrons. The maximum Gasteiger partial charge on any atom is 0.243 e. The molecule has 1 amide bonds. The van der Waals surface area contributed by atoms with E-state index >= 15 is 0 Å². The normalized spacial score (nSPS) is 14.7. The van der Waals surface area contributed by atoms with E-state index in [-0.39, 0.29) is 40.3 Å². The van der Waals surface area contributed by atoms with E-state index in [1.54, 1.807) is 30.1 Å². The Hall–Kier alpha value is -2.16. The van der Waals surface area contributed by atoms with Crippen molar-refractivity contribution in [2.24, 2.45) is 0 Å². The van der Waals surface area contributed by atoms with Gasteiger partial charge in [-0.2, -0.15) is 4.31 Å². The molecule has 1 heterocycles. The lowest BCUT2D eigenvalue weighted by Gasteiger charge is -2.20. The molecule has 0 radical (unpaired) electrons. The van der Waals surface area contributed by atoms with E-state index in [1.165, 1.54) is 28.6 Å². The monoisotopic (exact) mass is 439 g/mol. The molecular formula is C20H23ClFN3O3S. The van der Waals surface area contributed by atoms with Crippen LogP contribution in [-0.4, -0.2) is 45.3 Å². The number of halogens is 2. The fourth-order valence-corrected chi connectivity index (χ4v) is 4.91. The van der Waals surface area contributed by atoms with Crippen molar-refractivity contribution < 1.29 is 17.6 Å². The molecule has 1 N–H and O–H groups in total. The van der Waals surface area contributed by atoms with E-state index in [1.807, 2.05) is 0 Å². The first-order valence-corrected chi connectivity index (χ1v) is 11.2. The third kappa shape index (κ3) is 5.07. The summed E-state index contributed by atoms with van der Waals surface area (Å²) in [7, 11) is -1.91. The van der Waals surface area contributed by atoms with Crippen LogP contribution in [0.4, 0.5) is 15.8 Å². The number of hydrogen-bond donors (Lipinski definition) is 1. The average Bonchev–Trinajstić information content (AvgIpc) is 3.24. The zero-order valence-corrected chi connectivity index (χ0v) is 17.6. The van der Waals surface area contributed by atoms with E-state index in [0.29, 0.717) is 18.8 Å². The molecular weight excluding hydrogens is 417 g/mol. The predicted octanol–water partition coefficient (Wildman–Crippen LogP) is 3.73. The predicted molar refractivity (Wildman–Crippen MR) is 112 cm³/mol. The first kappa shape index (κ1) is 21.5. The van der Waals surface area contributed by atoms with Gasteiger partial charge in [0.25, 0.3) is 0 Å². The van der Waals surface area contributed by atoms with Gasteiger partial charge in [0.15, 0.2) is 0 Å². The van der Waals surface area contributed by atoms with Gasteiger partial charge in [0.2, 0.25) is 15.9 Å². The van der Waals surface area contributed by atoms with Crippen molar-refractivity contribution in [3.8, 4) is 0 Å². The smallest absolute Gasteiger partial charge is 0.243 e. The number of carbonyl (C=O) groups excluding carboxylic acids is 1. The Labute approximate surface area is 175 Å². The average molecular weight is 440 g/mol. The largest absolute Gasteiger partial charge is 0.372 e. The number of carbonyl (C=O) groups is 1. The molecule has 2 aromatic rings. The Morgan fingerprint density at radius 3 is 2.59 bits per heavy atom. The van der Waals surface area contributed by atoms with Gasteiger partial charge in [0.05, 0.1) is 21.3 Å². The Bertz CT molecular complexity index is 994. The standard InChI is InChI=1S/C20H23ClFN3O3S/c1-24(19-7-3-2-6-17(19)22)13-10-20(26)23-18-14-15(8-9-16(18)21)29(27,28)25-11-4-5-12-25/h2-3,6-9,14H,4-5,10-13H2,1H3,(H,23,26). The summed E-state index contributed by atoms with van der Waals surface area (Å²) >= 11 is 6.15. The highest BCUT2D eigenvalue weighted by atomic mass is 35.5. The lowest BCUT2D eigenvalue weighted by Crippen LogP contribution is -2.28. The number of amides is 1. The first-order chi connectivity index (χ1) is 13.8. The summed E-state index contributed by atoms with van der Waals surface area (Å²) in [5, 5.41) is 2.91. The molecule has 1 aliphatic heterocycles. The fraction of sp³-hybridized carbons (Fsp3) is 0.350. The molecule has 9 heteroatoms. The number of benzene rings is 2. The van der Waals surface area contributed by atoms with Crippen molar-refractivity contribution in [2.75, 3.05) is 36.9 Å². The number of sulfonamides is 1. The molecule has 1 aliphatic rings. The van der Waals surface area contributed by atoms with E-state index in [9.17, 15) is 17.6 Å². The van der Waals surface area contributed by atoms with Crippen LogP contribution in [0.15, 0.2) is 47.4 Å². The number of hydrogen-bond acceptors (Lipinski definition) is 4. The molecule has 1 fully saturated rings. The molecule has 0 spiro atoms. The summed E-state index contributed by atoms with van der Waals surface area (Å²) in [5.41, 5.74) is 0.641. The van der Waals surface area contributed by atoms with E-state index in [0.717, 1.165) is 12.8 Å². The van der Waals surface area contributed by atoms with Gasteiger partial charge in [-0.1, -0.05) is 23.7 Å². The topological polar surface area (TPSA) is 69.7 Å². The van der Waals surface area contributed by atoms with E-state index < -0.39 is 10.0 Å². The van der Waals surface area contributed by atoms with Crippen molar-refractivity contribution in [1.82, 2.24) is 4.31 Å². The molecule has 0 unspecified atom stereocenters. The summed E-state index contributed by atoms with van der Waals surface area (Å²) in [6.45, 7) is 1.28. The zero-order chi connectivity index (χ0) is 21.0. The van der Waals surface area contributed by atoms with Crippen molar-refractivity contribution in [1.29, 1.82) is 0 Å². The number of anilines is 2. The SMILES string of the molecule is CN(CCC(=O)Nc1cc(S(=O)(=O)N2CCCC2)ccc1Cl)c1ccccc1F. The third-order valence-corrected chi connectivity index (χ3v) is 7.08. The first-order valence-electron chi connectivity index (χ1n) is 9.34. The number of rotatable bonds is 7. The van der Waals surface area contributed by atoms with Gasteiger partial charge < -0.3 is 10.2 Å². The van der Waals surface area contributed by atoms with Gasteiger partial charge in [0.1, 0.15) is 5.82 Å². The molecule has 0 bridgehead atoms. The third-order valence-electron chi connectivity index (χ3n) is 4.85. The minimum Gasteiger partial charge on any atom is -0.372 e. The van der Waals surface area contributed by atoms with Crippen molar-refractivity contribution >= 4 is 38.9 Å². The minimum absolute atomic E-state index is 0.0876. The second-order valence-electron chi connectivity index (χ2n) is 6.92. The van der Waals surface area contributed by atoms with Crippen LogP contribution in [0.25, 0.3) is 0 Å². The summed E-state index contributed by atoms with van der Waals surface area (Å²) in [5.74, 6) is -0.705. The molecule has 3 rings (SSSR count). The quantitative estimate of drug-likeness (QED) is 0.713. The van der Waals surface area contributed by atoms with Crippen molar-refractivity contribution in [3.05, 3.63) is 53.3 Å². The van der Waals surface area contributed by atoms with Crippen molar-refractivity contribution in [2.45, 2.75) is 24.2 Å². The number of nitrogens with one attached hydrogen (secondary N) is 1. The van der Waals surface area contributed by atoms with Crippen LogP contribution < -0.4 is 10.2 Å². The van der Waals surface area contributed by atoms with Crippen LogP contribution in [0.2, 0.25) is 5.02 Å². The summed E-state index contributed by atoms with van der Waals surface area (Å²) in [6, 6.07) is 10.6. The van der Waals surface area contributed by atoms with Crippen LogP contribution in [0, 0.1) is 5.82 Å². The Morgan fingerprint density at radius 2 is 1.90 bits per heavy atom. The molecule has 29 heavy (non-hydrogen) atoms. The van der Waals surface area contributed by atoms with Crippen molar-refractivity contribution in [3.63, 3.8) is 0 Å². The number of para-hydroxylation sites is 1. The van der Waals surface area contributed by atoms with Gasteiger partial charge in [-0.15, -0.1) is 0 Å². The van der Waals surface area contributed by atoms with Crippen LogP contribution in [0.1, 0.15) is 19.3 Å². The summed E-state index contributed by atoms with van der Waals surface area (Å²) in [4.78, 5) is 14.1. The molecule has 2 aromatic carbocycles. The zero-order valence-electron chi connectivity index (χ0n) is 16.1. The maximum absolute atomic E-state index is 13.8. The molecule has 0 saturated carbocycles. The molecule has 0 atom stereocenters. The highest BCUT2D eigenvalue weighted by Gasteiger charge is 2.27. The lowest BCUT2D eigenvalue weighted by molar-refractivity contribution is -0.116. The second-order valence-corrected chi connectivity index (χ2v) is 9.27. The number of nitrogens with zero attached hydrogens (tertiary/aromatic N) is 2. The van der Waals surface area contributed by atoms with E-state index in [2.05, 4.69) is 5.32 Å². The highest BCUT2D eigenvalue weighted by Crippen LogP contribution is 2.28. The van der Waals surface area contributed by atoms with Crippen LogP contribution in [0.3, 0.4) is 0 Å². The summed E-state index contributed by atoms with van der Waals surface area (Å²) in [6.07, 6.45) is 1.77. The summed E-state index contributed by atoms with van der Waals surface area (Å²) < 4.78 is 40.7. The van der Waals surface area contributed by atoms with Gasteiger partial charge >= 0.3 is 0 Å². The molecule has 0 aromatic heterocycles. The Kier molecular flexibility index (Phi) is 6.77. The van der Waals surface area contributed by atoms with Gasteiger partial charge in [0, 0.05) is 33.1 Å². The highest BCUT2D eigenvalue weighted by molar-refractivity contribution is 7.89. The van der Waals surface area contributed by atoms with Crippen LogP contribution in [-0.2, 0) is 14.8 Å². The Balaban J connectivity index is 1.66.